The first-order chi connectivity index (χ1) is 29.7. The van der Waals surface area contributed by atoms with Gasteiger partial charge in [-0.1, -0.05) is 13.2 Å². The van der Waals surface area contributed by atoms with E-state index in [1.807, 2.05) is 0 Å². The lowest BCUT2D eigenvalue weighted by Gasteiger charge is -2.16. The van der Waals surface area contributed by atoms with Crippen molar-refractivity contribution in [2.45, 2.75) is 32.1 Å². The van der Waals surface area contributed by atoms with Gasteiger partial charge in [-0.05, 0) is 105 Å². The molecule has 0 saturated heterocycles. The fourth-order valence-corrected chi connectivity index (χ4v) is 5.18. The van der Waals surface area contributed by atoms with Gasteiger partial charge in [-0.2, -0.15) is 0 Å². The van der Waals surface area contributed by atoms with Gasteiger partial charge in [0.15, 0.2) is 23.0 Å². The molecule has 0 aromatic heterocycles. The molecule has 0 aliphatic heterocycles. The number of methoxy groups -OCH3 is 1. The zero-order chi connectivity index (χ0) is 43.8. The quantitative estimate of drug-likeness (QED) is 0.0190. The molecule has 15 heteroatoms. The maximum absolute atomic E-state index is 13.2. The summed E-state index contributed by atoms with van der Waals surface area (Å²) in [4.78, 5) is 71.8. The molecule has 0 bridgehead atoms. The summed E-state index contributed by atoms with van der Waals surface area (Å²) in [6.07, 6.45) is 6.21. The highest BCUT2D eigenvalue weighted by Crippen LogP contribution is 2.39. The lowest BCUT2D eigenvalue weighted by molar-refractivity contribution is -0.138. The second-order valence-electron chi connectivity index (χ2n) is 12.7. The Balaban J connectivity index is 1.30. The molecule has 0 heterocycles. The molecule has 0 saturated carbocycles. The molecule has 15 nitrogen and oxygen atoms in total. The van der Waals surface area contributed by atoms with Crippen LogP contribution in [0.5, 0.6) is 40.2 Å². The number of hydrogen-bond donors (Lipinski definition) is 0. The van der Waals surface area contributed by atoms with Crippen molar-refractivity contribution in [3.05, 3.63) is 126 Å². The Morgan fingerprint density at radius 3 is 1.46 bits per heavy atom. The van der Waals surface area contributed by atoms with Gasteiger partial charge in [0.25, 0.3) is 0 Å². The van der Waals surface area contributed by atoms with Crippen molar-refractivity contribution in [2.75, 3.05) is 46.8 Å². The standard InChI is InChI=1S/C46H46O15/c1-4-42(49)58-23-8-6-21-54-36-16-12-34(13-17-36)45(51)60-38-20-11-32(30-47)27-39(38)56-25-10-26-57-41-29-33(31-48)28-40(53-3)44(41)61-46(52)35-14-18-37(19-15-35)55-22-7-9-24-59-43(50)5-2/h4-5,11-20,27-31H,1-2,6-10,21-26H2,3H3. The van der Waals surface area contributed by atoms with Crippen molar-refractivity contribution in [2.24, 2.45) is 0 Å². The Labute approximate surface area is 352 Å². The van der Waals surface area contributed by atoms with Crippen LogP contribution < -0.4 is 33.2 Å². The third kappa shape index (κ3) is 15.4. The Morgan fingerprint density at radius 1 is 0.492 bits per heavy atom. The van der Waals surface area contributed by atoms with Crippen molar-refractivity contribution < 1.29 is 71.4 Å². The third-order valence-corrected chi connectivity index (χ3v) is 8.32. The molecule has 61 heavy (non-hydrogen) atoms. The maximum atomic E-state index is 13.2. The highest BCUT2D eigenvalue weighted by molar-refractivity contribution is 5.93. The fraction of sp³-hybridized carbons (Fsp3) is 0.261. The van der Waals surface area contributed by atoms with Crippen LogP contribution in [0.1, 0.15) is 73.5 Å². The predicted octanol–water partition coefficient (Wildman–Crippen LogP) is 7.38. The van der Waals surface area contributed by atoms with E-state index in [2.05, 4.69) is 13.2 Å². The van der Waals surface area contributed by atoms with Crippen LogP contribution in [0.4, 0.5) is 0 Å². The van der Waals surface area contributed by atoms with Gasteiger partial charge in [0.2, 0.25) is 5.75 Å². The normalized spacial score (nSPS) is 10.3. The molecule has 4 aromatic carbocycles. The van der Waals surface area contributed by atoms with E-state index in [0.717, 1.165) is 12.2 Å². The van der Waals surface area contributed by atoms with Crippen molar-refractivity contribution in [3.8, 4) is 40.2 Å². The van der Waals surface area contributed by atoms with E-state index < -0.39 is 23.9 Å². The van der Waals surface area contributed by atoms with E-state index in [0.29, 0.717) is 68.5 Å². The van der Waals surface area contributed by atoms with E-state index in [4.69, 9.17) is 42.6 Å². The number of carbonyl (C=O) groups is 6. The molecule has 0 atom stereocenters. The topological polar surface area (TPSA) is 185 Å². The summed E-state index contributed by atoms with van der Waals surface area (Å²) in [6.45, 7) is 8.04. The molecular weight excluding hydrogens is 792 g/mol. The first-order valence-corrected chi connectivity index (χ1v) is 19.2. The first-order valence-electron chi connectivity index (χ1n) is 19.2. The van der Waals surface area contributed by atoms with Gasteiger partial charge < -0.3 is 42.6 Å². The Hall–Kier alpha value is -7.42. The van der Waals surface area contributed by atoms with Gasteiger partial charge in [0.1, 0.15) is 24.1 Å². The molecule has 0 aliphatic rings. The number of hydrogen-bond acceptors (Lipinski definition) is 15. The number of aldehydes is 2. The number of benzene rings is 4. The van der Waals surface area contributed by atoms with Crippen molar-refractivity contribution >= 4 is 36.4 Å². The average Bonchev–Trinajstić information content (AvgIpc) is 3.29. The number of ether oxygens (including phenoxy) is 9. The lowest BCUT2D eigenvalue weighted by atomic mass is 10.2. The summed E-state index contributed by atoms with van der Waals surface area (Å²) in [7, 11) is 1.36. The van der Waals surface area contributed by atoms with E-state index in [1.165, 1.54) is 49.6 Å². The van der Waals surface area contributed by atoms with E-state index in [-0.39, 0.29) is 78.3 Å². The minimum absolute atomic E-state index is 0.0262. The fourth-order valence-electron chi connectivity index (χ4n) is 5.18. The third-order valence-electron chi connectivity index (χ3n) is 8.32. The smallest absolute Gasteiger partial charge is 0.343 e. The molecule has 4 aromatic rings. The number of esters is 4. The highest BCUT2D eigenvalue weighted by Gasteiger charge is 2.20. The number of rotatable bonds is 27. The van der Waals surface area contributed by atoms with Crippen LogP contribution in [0.3, 0.4) is 0 Å². The molecule has 0 fully saturated rings. The van der Waals surface area contributed by atoms with Crippen LogP contribution in [-0.4, -0.2) is 83.2 Å². The summed E-state index contributed by atoms with van der Waals surface area (Å²) in [5.74, 6) is -0.974. The van der Waals surface area contributed by atoms with Gasteiger partial charge in [-0.3, -0.25) is 9.59 Å². The molecule has 320 valence electrons. The van der Waals surface area contributed by atoms with E-state index in [9.17, 15) is 28.8 Å². The maximum Gasteiger partial charge on any atom is 0.343 e. The molecular formula is C46H46O15. The molecule has 0 radical (unpaired) electrons. The monoisotopic (exact) mass is 838 g/mol. The number of carbonyl (C=O) groups excluding carboxylic acids is 6. The van der Waals surface area contributed by atoms with Gasteiger partial charge in [-0.25, -0.2) is 19.2 Å². The van der Waals surface area contributed by atoms with Gasteiger partial charge in [-0.15, -0.1) is 0 Å². The number of unbranched alkanes of at least 4 members (excludes halogenated alkanes) is 2. The lowest BCUT2D eigenvalue weighted by Crippen LogP contribution is -2.12. The average molecular weight is 839 g/mol. The zero-order valence-electron chi connectivity index (χ0n) is 33.6. The van der Waals surface area contributed by atoms with Crippen molar-refractivity contribution in [1.29, 1.82) is 0 Å². The zero-order valence-corrected chi connectivity index (χ0v) is 33.6. The van der Waals surface area contributed by atoms with Crippen molar-refractivity contribution in [1.82, 2.24) is 0 Å². The molecule has 0 N–H and O–H groups in total. The summed E-state index contributed by atoms with van der Waals surface area (Å²) in [5, 5.41) is 0. The van der Waals surface area contributed by atoms with Gasteiger partial charge in [0.05, 0.1) is 57.9 Å². The minimum atomic E-state index is -0.722. The Bertz CT molecular complexity index is 2120. The molecule has 0 aliphatic carbocycles. The second-order valence-corrected chi connectivity index (χ2v) is 12.7. The predicted molar refractivity (Wildman–Crippen MR) is 220 cm³/mol. The molecule has 4 rings (SSSR count). The minimum Gasteiger partial charge on any atom is -0.494 e. The Morgan fingerprint density at radius 2 is 0.951 bits per heavy atom. The second kappa shape index (κ2) is 25.2. The van der Waals surface area contributed by atoms with Gasteiger partial charge >= 0.3 is 23.9 Å². The Kier molecular flexibility index (Phi) is 19.1. The SMILES string of the molecule is C=CC(=O)OCCCCOc1ccc(C(=O)Oc2ccc(C=O)cc2OCCCOc2cc(C=O)cc(OC)c2OC(=O)c2ccc(OCCCCOC(=O)C=C)cc2)cc1. The summed E-state index contributed by atoms with van der Waals surface area (Å²) >= 11 is 0. The van der Waals surface area contributed by atoms with Crippen LogP contribution in [0.2, 0.25) is 0 Å². The molecule has 0 unspecified atom stereocenters. The van der Waals surface area contributed by atoms with Crippen LogP contribution >= 0.6 is 0 Å². The first kappa shape index (κ1) is 46.3. The van der Waals surface area contributed by atoms with Crippen LogP contribution in [0.25, 0.3) is 0 Å². The van der Waals surface area contributed by atoms with E-state index >= 15 is 0 Å². The highest BCUT2D eigenvalue weighted by atomic mass is 16.6. The van der Waals surface area contributed by atoms with E-state index in [1.54, 1.807) is 36.4 Å². The van der Waals surface area contributed by atoms with Crippen LogP contribution in [0, 0.1) is 0 Å². The van der Waals surface area contributed by atoms with Crippen LogP contribution in [-0.2, 0) is 19.1 Å². The summed E-state index contributed by atoms with van der Waals surface area (Å²) in [6, 6.07) is 19.8. The van der Waals surface area contributed by atoms with Crippen LogP contribution in [0.15, 0.2) is 104 Å². The van der Waals surface area contributed by atoms with Gasteiger partial charge in [0, 0.05) is 29.7 Å². The summed E-state index contributed by atoms with van der Waals surface area (Å²) in [5.41, 5.74) is 0.951. The molecule has 0 amide bonds. The molecule has 0 spiro atoms. The summed E-state index contributed by atoms with van der Waals surface area (Å²) < 4.78 is 49.9. The largest absolute Gasteiger partial charge is 0.494 e. The van der Waals surface area contributed by atoms with Crippen molar-refractivity contribution in [3.63, 3.8) is 0 Å².